The van der Waals surface area contributed by atoms with Gasteiger partial charge in [-0.2, -0.15) is 0 Å². The zero-order valence-electron chi connectivity index (χ0n) is 12.1. The number of Topliss-reactive ketones (excluding diaryl/α,β-unsaturated/α-hetero) is 1. The first-order valence-electron chi connectivity index (χ1n) is 6.30. The molecule has 1 aromatic carbocycles. The summed E-state index contributed by atoms with van der Waals surface area (Å²) in [6.45, 7) is 8.34. The van der Waals surface area contributed by atoms with Crippen molar-refractivity contribution in [3.8, 4) is 5.75 Å². The van der Waals surface area contributed by atoms with E-state index in [1.54, 1.807) is 18.2 Å². The van der Waals surface area contributed by atoms with Crippen molar-refractivity contribution in [1.82, 2.24) is 0 Å². The van der Waals surface area contributed by atoms with Gasteiger partial charge in [-0.05, 0) is 30.5 Å². The molecule has 0 aliphatic carbocycles. The molecule has 0 aromatic heterocycles. The summed E-state index contributed by atoms with van der Waals surface area (Å²) in [5, 5.41) is 0.489. The second kappa shape index (κ2) is 6.40. The van der Waals surface area contributed by atoms with Crippen LogP contribution in [0, 0.1) is 5.41 Å². The van der Waals surface area contributed by atoms with E-state index >= 15 is 0 Å². The number of halogens is 1. The maximum atomic E-state index is 12.5. The minimum absolute atomic E-state index is 0.0516. The van der Waals surface area contributed by atoms with E-state index in [0.717, 1.165) is 0 Å². The summed E-state index contributed by atoms with van der Waals surface area (Å²) in [6.07, 6.45) is -0.483. The van der Waals surface area contributed by atoms with Gasteiger partial charge in [-0.1, -0.05) is 32.4 Å². The summed E-state index contributed by atoms with van der Waals surface area (Å²) in [4.78, 5) is 12.5. The molecule has 0 heterocycles. The van der Waals surface area contributed by atoms with E-state index in [9.17, 15) is 4.79 Å². The normalized spacial score (nSPS) is 13.2. The fourth-order valence-electron chi connectivity index (χ4n) is 1.85. The summed E-state index contributed by atoms with van der Waals surface area (Å²) >= 11 is 5.96. The predicted molar refractivity (Wildman–Crippen MR) is 77.2 cm³/mol. The van der Waals surface area contributed by atoms with Crippen LogP contribution < -0.4 is 4.74 Å². The Morgan fingerprint density at radius 3 is 2.47 bits per heavy atom. The van der Waals surface area contributed by atoms with Crippen molar-refractivity contribution in [2.45, 2.75) is 33.8 Å². The van der Waals surface area contributed by atoms with E-state index < -0.39 is 6.10 Å². The number of benzene rings is 1. The molecular formula is C15H21ClO3. The van der Waals surface area contributed by atoms with Gasteiger partial charge in [0.15, 0.2) is 5.78 Å². The van der Waals surface area contributed by atoms with Crippen LogP contribution in [0.2, 0.25) is 5.02 Å². The van der Waals surface area contributed by atoms with Gasteiger partial charge in [0.05, 0.1) is 12.1 Å². The van der Waals surface area contributed by atoms with E-state index in [1.807, 2.05) is 27.7 Å². The summed E-state index contributed by atoms with van der Waals surface area (Å²) < 4.78 is 10.7. The van der Waals surface area contributed by atoms with E-state index in [2.05, 4.69) is 0 Å². The van der Waals surface area contributed by atoms with Crippen LogP contribution in [-0.2, 0) is 4.74 Å². The van der Waals surface area contributed by atoms with Crippen molar-refractivity contribution >= 4 is 17.4 Å². The third kappa shape index (κ3) is 3.95. The zero-order valence-corrected chi connectivity index (χ0v) is 12.9. The average molecular weight is 285 g/mol. The topological polar surface area (TPSA) is 35.5 Å². The van der Waals surface area contributed by atoms with E-state index in [4.69, 9.17) is 21.1 Å². The third-order valence-electron chi connectivity index (χ3n) is 2.79. The van der Waals surface area contributed by atoms with Crippen molar-refractivity contribution in [2.24, 2.45) is 5.41 Å². The number of rotatable bonds is 5. The van der Waals surface area contributed by atoms with Gasteiger partial charge in [0.25, 0.3) is 0 Å². The SMILES string of the molecule is CCOC(C(=O)c1ccc(Cl)c(OC)c1)C(C)(C)C. The minimum Gasteiger partial charge on any atom is -0.495 e. The Bertz CT molecular complexity index is 449. The number of ketones is 1. The summed E-state index contributed by atoms with van der Waals surface area (Å²) in [5.74, 6) is 0.445. The minimum atomic E-state index is -0.483. The number of methoxy groups -OCH3 is 1. The first-order chi connectivity index (χ1) is 8.81. The molecule has 106 valence electrons. The molecular weight excluding hydrogens is 264 g/mol. The molecule has 4 heteroatoms. The van der Waals surface area contributed by atoms with Crippen molar-refractivity contribution in [2.75, 3.05) is 13.7 Å². The van der Waals surface area contributed by atoms with Crippen molar-refractivity contribution < 1.29 is 14.3 Å². The maximum Gasteiger partial charge on any atom is 0.192 e. The van der Waals surface area contributed by atoms with Crippen molar-refractivity contribution in [3.63, 3.8) is 0 Å². The van der Waals surface area contributed by atoms with Crippen LogP contribution in [-0.4, -0.2) is 25.6 Å². The van der Waals surface area contributed by atoms with Crippen molar-refractivity contribution in [3.05, 3.63) is 28.8 Å². The lowest BCUT2D eigenvalue weighted by Crippen LogP contribution is -2.37. The van der Waals surface area contributed by atoms with E-state index in [0.29, 0.717) is 22.9 Å². The van der Waals surface area contributed by atoms with Crippen molar-refractivity contribution in [1.29, 1.82) is 0 Å². The maximum absolute atomic E-state index is 12.5. The molecule has 0 aliphatic heterocycles. The van der Waals surface area contributed by atoms with Crippen LogP contribution >= 0.6 is 11.6 Å². The molecule has 0 saturated heterocycles. The summed E-state index contributed by atoms with van der Waals surface area (Å²) in [7, 11) is 1.53. The monoisotopic (exact) mass is 284 g/mol. The molecule has 0 aliphatic rings. The highest BCUT2D eigenvalue weighted by Crippen LogP contribution is 2.29. The lowest BCUT2D eigenvalue weighted by Gasteiger charge is -2.29. The Kier molecular flexibility index (Phi) is 5.39. The second-order valence-corrected chi connectivity index (χ2v) is 5.82. The molecule has 0 N–H and O–H groups in total. The van der Waals surface area contributed by atoms with Crippen LogP contribution in [0.25, 0.3) is 0 Å². The predicted octanol–water partition coefficient (Wildman–Crippen LogP) is 3.98. The molecule has 0 radical (unpaired) electrons. The van der Waals surface area contributed by atoms with Crippen LogP contribution in [0.3, 0.4) is 0 Å². The Balaban J connectivity index is 3.10. The molecule has 0 bridgehead atoms. The molecule has 1 aromatic rings. The van der Waals surface area contributed by atoms with Gasteiger partial charge < -0.3 is 9.47 Å². The first-order valence-corrected chi connectivity index (χ1v) is 6.68. The second-order valence-electron chi connectivity index (χ2n) is 5.41. The molecule has 0 amide bonds. The number of hydrogen-bond donors (Lipinski definition) is 0. The van der Waals surface area contributed by atoms with Gasteiger partial charge in [0.2, 0.25) is 0 Å². The van der Waals surface area contributed by atoms with Gasteiger partial charge in [-0.15, -0.1) is 0 Å². The molecule has 1 unspecified atom stereocenters. The Morgan fingerprint density at radius 1 is 1.37 bits per heavy atom. The number of hydrogen-bond acceptors (Lipinski definition) is 3. The smallest absolute Gasteiger partial charge is 0.192 e. The first kappa shape index (κ1) is 16.0. The third-order valence-corrected chi connectivity index (χ3v) is 3.11. The summed E-state index contributed by atoms with van der Waals surface area (Å²) in [6, 6.07) is 5.02. The Hall–Kier alpha value is -1.06. The fraction of sp³-hybridized carbons (Fsp3) is 0.533. The molecule has 19 heavy (non-hydrogen) atoms. The number of carbonyl (C=O) groups excluding carboxylic acids is 1. The molecule has 0 spiro atoms. The quantitative estimate of drug-likeness (QED) is 0.767. The number of ether oxygens (including phenoxy) is 2. The molecule has 0 fully saturated rings. The van der Waals surface area contributed by atoms with Gasteiger partial charge >= 0.3 is 0 Å². The number of carbonyl (C=O) groups is 1. The fourth-order valence-corrected chi connectivity index (χ4v) is 2.04. The highest BCUT2D eigenvalue weighted by molar-refractivity contribution is 6.32. The highest BCUT2D eigenvalue weighted by Gasteiger charge is 2.32. The van der Waals surface area contributed by atoms with Crippen LogP contribution in [0.5, 0.6) is 5.75 Å². The van der Waals surface area contributed by atoms with Crippen LogP contribution in [0.1, 0.15) is 38.1 Å². The van der Waals surface area contributed by atoms with Crippen LogP contribution in [0.15, 0.2) is 18.2 Å². The Morgan fingerprint density at radius 2 is 2.00 bits per heavy atom. The van der Waals surface area contributed by atoms with Gasteiger partial charge in [-0.3, -0.25) is 4.79 Å². The van der Waals surface area contributed by atoms with Crippen LogP contribution in [0.4, 0.5) is 0 Å². The average Bonchev–Trinajstić information content (AvgIpc) is 2.34. The molecule has 1 rings (SSSR count). The van der Waals surface area contributed by atoms with E-state index in [1.165, 1.54) is 7.11 Å². The summed E-state index contributed by atoms with van der Waals surface area (Å²) in [5.41, 5.74) is 0.287. The molecule has 0 saturated carbocycles. The lowest BCUT2D eigenvalue weighted by molar-refractivity contribution is -0.000233. The van der Waals surface area contributed by atoms with E-state index in [-0.39, 0.29) is 11.2 Å². The van der Waals surface area contributed by atoms with Gasteiger partial charge in [-0.25, -0.2) is 0 Å². The lowest BCUT2D eigenvalue weighted by atomic mass is 9.84. The van der Waals surface area contributed by atoms with Gasteiger partial charge in [0.1, 0.15) is 11.9 Å². The molecule has 3 nitrogen and oxygen atoms in total. The van der Waals surface area contributed by atoms with Gasteiger partial charge in [0, 0.05) is 12.2 Å². The zero-order chi connectivity index (χ0) is 14.6. The standard InChI is InChI=1S/C15H21ClO3/c1-6-19-14(15(2,3)4)13(17)10-7-8-11(16)12(9-10)18-5/h7-9,14H,6H2,1-5H3. The molecule has 1 atom stereocenters. The largest absolute Gasteiger partial charge is 0.495 e. The Labute approximate surface area is 119 Å². The highest BCUT2D eigenvalue weighted by atomic mass is 35.5.